The highest BCUT2D eigenvalue weighted by molar-refractivity contribution is 6.22. The van der Waals surface area contributed by atoms with E-state index in [2.05, 4.69) is 9.80 Å². The van der Waals surface area contributed by atoms with E-state index < -0.39 is 18.6 Å². The second-order valence-electron chi connectivity index (χ2n) is 10.6. The van der Waals surface area contributed by atoms with Crippen LogP contribution in [0.15, 0.2) is 66.7 Å². The van der Waals surface area contributed by atoms with Gasteiger partial charge in [-0.2, -0.15) is 0 Å². The van der Waals surface area contributed by atoms with E-state index in [1.165, 1.54) is 24.1 Å². The van der Waals surface area contributed by atoms with Gasteiger partial charge in [-0.3, -0.25) is 24.2 Å². The largest absolute Gasteiger partial charge is 0.497 e. The highest BCUT2D eigenvalue weighted by atomic mass is 16.7. The summed E-state index contributed by atoms with van der Waals surface area (Å²) in [6.45, 7) is 3.46. The minimum Gasteiger partial charge on any atom is -0.497 e. The standard InChI is InChI=1S/C32H31N3O8/c1-40-25-9-5-22(6-10-25)27(36)19-41-32(39)23-3-7-24(8-4-23)35-30(37)17-26(31(35)38)34-14-12-33(13-15-34)18-21-2-11-28-29(16-21)43-20-42-28/h2-11,16,26H,12-15,17-20H2,1H3. The molecule has 0 radical (unpaired) electrons. The average Bonchev–Trinajstić information content (AvgIpc) is 3.63. The topological polar surface area (TPSA) is 115 Å². The third-order valence-corrected chi connectivity index (χ3v) is 7.92. The number of rotatable bonds is 9. The number of esters is 1. The summed E-state index contributed by atoms with van der Waals surface area (Å²) in [6, 6.07) is 18.0. The maximum absolute atomic E-state index is 13.4. The first-order chi connectivity index (χ1) is 20.9. The third-order valence-electron chi connectivity index (χ3n) is 7.92. The molecule has 3 aliphatic rings. The Hall–Kier alpha value is -4.74. The molecule has 11 heteroatoms. The van der Waals surface area contributed by atoms with Crippen molar-refractivity contribution in [3.05, 3.63) is 83.4 Å². The monoisotopic (exact) mass is 585 g/mol. The zero-order chi connectivity index (χ0) is 29.9. The summed E-state index contributed by atoms with van der Waals surface area (Å²) >= 11 is 0. The quantitative estimate of drug-likeness (QED) is 0.211. The molecule has 3 aromatic carbocycles. The van der Waals surface area contributed by atoms with Crippen molar-refractivity contribution in [2.75, 3.05) is 51.6 Å². The van der Waals surface area contributed by atoms with Crippen LogP contribution in [0.5, 0.6) is 17.2 Å². The van der Waals surface area contributed by atoms with Crippen LogP contribution >= 0.6 is 0 Å². The first kappa shape index (κ1) is 28.4. The Labute approximate surface area is 248 Å². The van der Waals surface area contributed by atoms with Crippen molar-refractivity contribution in [1.82, 2.24) is 9.80 Å². The summed E-state index contributed by atoms with van der Waals surface area (Å²) in [7, 11) is 1.53. The van der Waals surface area contributed by atoms with Crippen LogP contribution in [0, 0.1) is 0 Å². The number of methoxy groups -OCH3 is 1. The Morgan fingerprint density at radius 2 is 1.56 bits per heavy atom. The van der Waals surface area contributed by atoms with Gasteiger partial charge >= 0.3 is 5.97 Å². The van der Waals surface area contributed by atoms with Gasteiger partial charge in [-0.25, -0.2) is 9.69 Å². The molecule has 1 atom stereocenters. The number of fused-ring (bicyclic) bond motifs is 1. The first-order valence-electron chi connectivity index (χ1n) is 14.1. The zero-order valence-electron chi connectivity index (χ0n) is 23.7. The van der Waals surface area contributed by atoms with E-state index in [1.54, 1.807) is 36.4 Å². The molecule has 222 valence electrons. The molecule has 0 saturated carbocycles. The number of nitrogens with zero attached hydrogens (tertiary/aromatic N) is 3. The fourth-order valence-corrected chi connectivity index (χ4v) is 5.52. The number of benzene rings is 3. The lowest BCUT2D eigenvalue weighted by molar-refractivity contribution is -0.123. The highest BCUT2D eigenvalue weighted by Gasteiger charge is 2.43. The fraction of sp³-hybridized carbons (Fsp3) is 0.312. The van der Waals surface area contributed by atoms with Gasteiger partial charge in [0, 0.05) is 38.3 Å². The molecule has 0 aliphatic carbocycles. The second-order valence-corrected chi connectivity index (χ2v) is 10.6. The van der Waals surface area contributed by atoms with Crippen LogP contribution in [-0.2, 0) is 20.9 Å². The van der Waals surface area contributed by atoms with Gasteiger partial charge in [0.2, 0.25) is 12.7 Å². The summed E-state index contributed by atoms with van der Waals surface area (Å²) in [5.41, 5.74) is 2.13. The number of anilines is 1. The van der Waals surface area contributed by atoms with Gasteiger partial charge in [0.05, 0.1) is 30.8 Å². The Morgan fingerprint density at radius 3 is 2.28 bits per heavy atom. The van der Waals surface area contributed by atoms with E-state index in [0.29, 0.717) is 30.1 Å². The van der Waals surface area contributed by atoms with Crippen LogP contribution in [0.25, 0.3) is 0 Å². The van der Waals surface area contributed by atoms with E-state index in [9.17, 15) is 19.2 Å². The molecule has 1 unspecified atom stereocenters. The smallest absolute Gasteiger partial charge is 0.338 e. The Balaban J connectivity index is 1.01. The van der Waals surface area contributed by atoms with Crippen molar-refractivity contribution >= 4 is 29.3 Å². The van der Waals surface area contributed by atoms with E-state index in [4.69, 9.17) is 18.9 Å². The lowest BCUT2D eigenvalue weighted by atomic mass is 10.1. The first-order valence-corrected chi connectivity index (χ1v) is 14.1. The number of hydrogen-bond donors (Lipinski definition) is 0. The van der Waals surface area contributed by atoms with Crippen LogP contribution in [0.2, 0.25) is 0 Å². The van der Waals surface area contributed by atoms with Gasteiger partial charge in [-0.15, -0.1) is 0 Å². The summed E-state index contributed by atoms with van der Waals surface area (Å²) in [4.78, 5) is 56.7. The van der Waals surface area contributed by atoms with Crippen LogP contribution in [0.3, 0.4) is 0 Å². The molecule has 0 spiro atoms. The SMILES string of the molecule is COc1ccc(C(=O)COC(=O)c2ccc(N3C(=O)CC(N4CCN(Cc5ccc6c(c5)OCO6)CC4)C3=O)cc2)cc1. The fourth-order valence-electron chi connectivity index (χ4n) is 5.52. The predicted molar refractivity (Wildman–Crippen MR) is 154 cm³/mol. The van der Waals surface area contributed by atoms with Gasteiger partial charge < -0.3 is 18.9 Å². The van der Waals surface area contributed by atoms with Crippen molar-refractivity contribution in [3.63, 3.8) is 0 Å². The summed E-state index contributed by atoms with van der Waals surface area (Å²) in [6.07, 6.45) is 0.109. The Kier molecular flexibility index (Phi) is 8.08. The van der Waals surface area contributed by atoms with E-state index in [-0.39, 0.29) is 36.4 Å². The summed E-state index contributed by atoms with van der Waals surface area (Å²) in [5.74, 6) is 0.564. The Morgan fingerprint density at radius 1 is 0.860 bits per heavy atom. The number of Topliss-reactive ketones (excluding diaryl/α,β-unsaturated/α-hetero) is 1. The molecule has 2 amide bonds. The molecular weight excluding hydrogens is 554 g/mol. The number of carbonyl (C=O) groups excluding carboxylic acids is 4. The van der Waals surface area contributed by atoms with Crippen LogP contribution in [0.1, 0.15) is 32.7 Å². The van der Waals surface area contributed by atoms with Gasteiger partial charge in [0.1, 0.15) is 5.75 Å². The lowest BCUT2D eigenvalue weighted by Crippen LogP contribution is -2.52. The van der Waals surface area contributed by atoms with Crippen LogP contribution in [0.4, 0.5) is 5.69 Å². The molecule has 3 aromatic rings. The van der Waals surface area contributed by atoms with Crippen molar-refractivity contribution < 1.29 is 38.1 Å². The van der Waals surface area contributed by atoms with Gasteiger partial charge in [-0.05, 0) is 66.2 Å². The van der Waals surface area contributed by atoms with Gasteiger partial charge in [0.25, 0.3) is 5.91 Å². The van der Waals surface area contributed by atoms with E-state index in [1.807, 2.05) is 18.2 Å². The minimum atomic E-state index is -0.677. The Bertz CT molecular complexity index is 1530. The summed E-state index contributed by atoms with van der Waals surface area (Å²) in [5, 5.41) is 0. The molecule has 11 nitrogen and oxygen atoms in total. The van der Waals surface area contributed by atoms with Gasteiger partial charge in [-0.1, -0.05) is 6.07 Å². The molecule has 6 rings (SSSR count). The molecule has 0 bridgehead atoms. The lowest BCUT2D eigenvalue weighted by Gasteiger charge is -2.37. The zero-order valence-corrected chi connectivity index (χ0v) is 23.7. The predicted octanol–water partition coefficient (Wildman–Crippen LogP) is 2.91. The van der Waals surface area contributed by atoms with E-state index in [0.717, 1.165) is 36.7 Å². The number of imide groups is 1. The summed E-state index contributed by atoms with van der Waals surface area (Å²) < 4.78 is 21.1. The molecular formula is C32H31N3O8. The second kappa shape index (κ2) is 12.2. The third kappa shape index (κ3) is 6.08. The maximum atomic E-state index is 13.4. The number of carbonyl (C=O) groups is 4. The number of amides is 2. The average molecular weight is 586 g/mol. The maximum Gasteiger partial charge on any atom is 0.338 e. The van der Waals surface area contributed by atoms with E-state index >= 15 is 0 Å². The van der Waals surface area contributed by atoms with Crippen molar-refractivity contribution in [2.45, 2.75) is 19.0 Å². The van der Waals surface area contributed by atoms with Crippen molar-refractivity contribution in [2.24, 2.45) is 0 Å². The molecule has 0 aromatic heterocycles. The number of piperazine rings is 1. The van der Waals surface area contributed by atoms with Gasteiger partial charge in [0.15, 0.2) is 23.9 Å². The molecule has 3 heterocycles. The van der Waals surface area contributed by atoms with Crippen LogP contribution < -0.4 is 19.1 Å². The normalized spacial score (nSPS) is 18.6. The molecule has 43 heavy (non-hydrogen) atoms. The molecule has 2 fully saturated rings. The minimum absolute atomic E-state index is 0.109. The van der Waals surface area contributed by atoms with Crippen molar-refractivity contribution in [3.8, 4) is 17.2 Å². The molecule has 2 saturated heterocycles. The number of hydrogen-bond acceptors (Lipinski definition) is 10. The van der Waals surface area contributed by atoms with Crippen LogP contribution in [-0.4, -0.2) is 86.1 Å². The highest BCUT2D eigenvalue weighted by Crippen LogP contribution is 2.33. The molecule has 3 aliphatic heterocycles. The number of ketones is 1. The molecule has 0 N–H and O–H groups in total. The van der Waals surface area contributed by atoms with Crippen molar-refractivity contribution in [1.29, 1.82) is 0 Å². The number of ether oxygens (including phenoxy) is 4.